The van der Waals surface area contributed by atoms with Crippen molar-refractivity contribution >= 4 is 28.1 Å². The van der Waals surface area contributed by atoms with Gasteiger partial charge in [-0.15, -0.1) is 0 Å². The summed E-state index contributed by atoms with van der Waals surface area (Å²) in [7, 11) is 0. The number of benzene rings is 2. The molecule has 0 spiro atoms. The molecule has 0 unspecified atom stereocenters. The lowest BCUT2D eigenvalue weighted by Gasteiger charge is -2.13. The second-order valence-electron chi connectivity index (χ2n) is 6.26. The molecule has 6 heteroatoms. The fourth-order valence-electron chi connectivity index (χ4n) is 2.64. The molecule has 0 fully saturated rings. The van der Waals surface area contributed by atoms with Crippen LogP contribution in [0, 0.1) is 13.8 Å². The van der Waals surface area contributed by atoms with Gasteiger partial charge in [0.25, 0.3) is 0 Å². The highest BCUT2D eigenvalue weighted by atomic mass is 79.9. The Morgan fingerprint density at radius 3 is 2.71 bits per heavy atom. The molecule has 0 aliphatic heterocycles. The van der Waals surface area contributed by atoms with Gasteiger partial charge in [0.1, 0.15) is 6.61 Å². The summed E-state index contributed by atoms with van der Waals surface area (Å²) in [5, 5.41) is 4.06. The van der Waals surface area contributed by atoms with Crippen LogP contribution in [0.1, 0.15) is 29.2 Å². The van der Waals surface area contributed by atoms with Crippen molar-refractivity contribution < 1.29 is 14.3 Å². The third kappa shape index (κ3) is 6.23. The van der Waals surface area contributed by atoms with E-state index in [1.165, 1.54) is 5.56 Å². The number of hydrazone groups is 1. The van der Waals surface area contributed by atoms with Crippen molar-refractivity contribution in [2.75, 3.05) is 13.2 Å². The topological polar surface area (TPSA) is 59.9 Å². The Morgan fingerprint density at radius 1 is 1.25 bits per heavy atom. The van der Waals surface area contributed by atoms with Crippen LogP contribution in [0.15, 0.2) is 52.6 Å². The molecule has 1 amide bonds. The predicted molar refractivity (Wildman–Crippen MR) is 116 cm³/mol. The Morgan fingerprint density at radius 2 is 2.04 bits per heavy atom. The third-order valence-corrected chi connectivity index (χ3v) is 4.52. The Labute approximate surface area is 174 Å². The van der Waals surface area contributed by atoms with Gasteiger partial charge in [-0.05, 0) is 65.5 Å². The molecule has 0 aliphatic carbocycles. The van der Waals surface area contributed by atoms with E-state index in [-0.39, 0.29) is 12.3 Å². The minimum absolute atomic E-state index is 0.168. The van der Waals surface area contributed by atoms with Crippen LogP contribution >= 0.6 is 15.9 Å². The first kappa shape index (κ1) is 21.7. The summed E-state index contributed by atoms with van der Waals surface area (Å²) >= 11 is 3.49. The monoisotopic (exact) mass is 444 g/mol. The number of aryl methyl sites for hydroxylation is 2. The quantitative estimate of drug-likeness (QED) is 0.345. The molecule has 1 N–H and O–H groups in total. The maximum absolute atomic E-state index is 12.2. The number of nitrogens with one attached hydrogen (secondary N) is 1. The van der Waals surface area contributed by atoms with E-state index in [0.29, 0.717) is 24.7 Å². The van der Waals surface area contributed by atoms with Crippen LogP contribution in [0.25, 0.3) is 0 Å². The van der Waals surface area contributed by atoms with Crippen molar-refractivity contribution in [1.29, 1.82) is 0 Å². The molecule has 0 saturated heterocycles. The van der Waals surface area contributed by atoms with Gasteiger partial charge >= 0.3 is 0 Å². The van der Waals surface area contributed by atoms with Crippen molar-refractivity contribution in [2.45, 2.75) is 27.2 Å². The molecule has 0 saturated carbocycles. The van der Waals surface area contributed by atoms with E-state index in [0.717, 1.165) is 21.2 Å². The van der Waals surface area contributed by atoms with Crippen LogP contribution in [0.4, 0.5) is 0 Å². The minimum Gasteiger partial charge on any atom is -0.490 e. The van der Waals surface area contributed by atoms with E-state index < -0.39 is 0 Å². The first-order chi connectivity index (χ1) is 13.4. The van der Waals surface area contributed by atoms with Gasteiger partial charge < -0.3 is 9.47 Å². The standard InChI is InChI=1S/C22H25BrN2O3/c1-5-9-28-22-19(23)11-17(12-20(22)27-6-2)14-24-25-21(26)13-18-8-7-15(3)10-16(18)4/h5,7-8,10-12,14H,1,6,9,13H2,2-4H3,(H,25,26)/b24-14+. The maximum atomic E-state index is 12.2. The van der Waals surface area contributed by atoms with Crippen LogP contribution in [-0.2, 0) is 11.2 Å². The van der Waals surface area contributed by atoms with Gasteiger partial charge in [-0.1, -0.05) is 36.4 Å². The van der Waals surface area contributed by atoms with E-state index in [1.807, 2.05) is 45.0 Å². The lowest BCUT2D eigenvalue weighted by molar-refractivity contribution is -0.120. The van der Waals surface area contributed by atoms with E-state index in [9.17, 15) is 4.79 Å². The average Bonchev–Trinajstić information content (AvgIpc) is 2.64. The largest absolute Gasteiger partial charge is 0.490 e. The van der Waals surface area contributed by atoms with E-state index in [2.05, 4.69) is 39.1 Å². The fourth-order valence-corrected chi connectivity index (χ4v) is 3.22. The van der Waals surface area contributed by atoms with Gasteiger partial charge in [0.15, 0.2) is 11.5 Å². The average molecular weight is 445 g/mol. The lowest BCUT2D eigenvalue weighted by atomic mass is 10.0. The van der Waals surface area contributed by atoms with Gasteiger partial charge in [0.2, 0.25) is 5.91 Å². The highest BCUT2D eigenvalue weighted by Gasteiger charge is 2.11. The predicted octanol–water partition coefficient (Wildman–Crippen LogP) is 4.72. The summed E-state index contributed by atoms with van der Waals surface area (Å²) in [5.74, 6) is 1.04. The number of nitrogens with zero attached hydrogens (tertiary/aromatic N) is 1. The first-order valence-corrected chi connectivity index (χ1v) is 9.82. The van der Waals surface area contributed by atoms with Crippen LogP contribution in [0.2, 0.25) is 0 Å². The Bertz CT molecular complexity index is 878. The summed E-state index contributed by atoms with van der Waals surface area (Å²) in [5.41, 5.74) is 6.61. The molecule has 0 radical (unpaired) electrons. The number of carbonyl (C=O) groups is 1. The zero-order valence-corrected chi connectivity index (χ0v) is 18.0. The molecule has 2 rings (SSSR count). The normalized spacial score (nSPS) is 10.7. The summed E-state index contributed by atoms with van der Waals surface area (Å²) in [4.78, 5) is 12.2. The second kappa shape index (κ2) is 10.7. The SMILES string of the molecule is C=CCOc1c(Br)cc(/C=N/NC(=O)Cc2ccc(C)cc2C)cc1OCC. The summed E-state index contributed by atoms with van der Waals surface area (Å²) in [6.07, 6.45) is 3.53. The molecule has 0 aliphatic rings. The van der Waals surface area contributed by atoms with Gasteiger partial charge in [0.05, 0.1) is 23.7 Å². The Kier molecular flexibility index (Phi) is 8.26. The maximum Gasteiger partial charge on any atom is 0.244 e. The fraction of sp³-hybridized carbons (Fsp3) is 0.273. The zero-order chi connectivity index (χ0) is 20.5. The molecule has 0 heterocycles. The van der Waals surface area contributed by atoms with E-state index in [1.54, 1.807) is 12.3 Å². The van der Waals surface area contributed by atoms with Crippen molar-refractivity contribution in [3.8, 4) is 11.5 Å². The molecule has 2 aromatic rings. The summed E-state index contributed by atoms with van der Waals surface area (Å²) < 4.78 is 12.0. The summed E-state index contributed by atoms with van der Waals surface area (Å²) in [6, 6.07) is 9.70. The number of ether oxygens (including phenoxy) is 2. The molecule has 28 heavy (non-hydrogen) atoms. The Balaban J connectivity index is 2.06. The second-order valence-corrected chi connectivity index (χ2v) is 7.12. The van der Waals surface area contributed by atoms with Gasteiger partial charge in [-0.2, -0.15) is 5.10 Å². The zero-order valence-electron chi connectivity index (χ0n) is 16.4. The number of rotatable bonds is 9. The van der Waals surface area contributed by atoms with Crippen LogP contribution in [-0.4, -0.2) is 25.3 Å². The van der Waals surface area contributed by atoms with Crippen molar-refractivity contribution in [3.05, 3.63) is 69.7 Å². The minimum atomic E-state index is -0.168. The molecule has 2 aromatic carbocycles. The number of hydrogen-bond donors (Lipinski definition) is 1. The lowest BCUT2D eigenvalue weighted by Crippen LogP contribution is -2.20. The number of amides is 1. The molecule has 0 atom stereocenters. The van der Waals surface area contributed by atoms with Gasteiger partial charge in [-0.25, -0.2) is 5.43 Å². The van der Waals surface area contributed by atoms with Crippen LogP contribution < -0.4 is 14.9 Å². The smallest absolute Gasteiger partial charge is 0.244 e. The highest BCUT2D eigenvalue weighted by Crippen LogP contribution is 2.36. The highest BCUT2D eigenvalue weighted by molar-refractivity contribution is 9.10. The van der Waals surface area contributed by atoms with Crippen molar-refractivity contribution in [1.82, 2.24) is 5.43 Å². The van der Waals surface area contributed by atoms with Crippen LogP contribution in [0.5, 0.6) is 11.5 Å². The van der Waals surface area contributed by atoms with Crippen molar-refractivity contribution in [2.24, 2.45) is 5.10 Å². The van der Waals surface area contributed by atoms with E-state index >= 15 is 0 Å². The van der Waals surface area contributed by atoms with Gasteiger partial charge in [0, 0.05) is 0 Å². The first-order valence-electron chi connectivity index (χ1n) is 9.02. The third-order valence-electron chi connectivity index (χ3n) is 3.93. The van der Waals surface area contributed by atoms with Crippen molar-refractivity contribution in [3.63, 3.8) is 0 Å². The molecule has 0 aromatic heterocycles. The molecular weight excluding hydrogens is 420 g/mol. The number of hydrogen-bond acceptors (Lipinski definition) is 4. The summed E-state index contributed by atoms with van der Waals surface area (Å²) in [6.45, 7) is 10.5. The molecule has 0 bridgehead atoms. The molecular formula is C22H25BrN2O3. The number of halogens is 1. The van der Waals surface area contributed by atoms with Crippen LogP contribution in [0.3, 0.4) is 0 Å². The number of carbonyl (C=O) groups excluding carboxylic acids is 1. The molecule has 148 valence electrons. The Hall–Kier alpha value is -2.60. The van der Waals surface area contributed by atoms with Gasteiger partial charge in [-0.3, -0.25) is 4.79 Å². The van der Waals surface area contributed by atoms with E-state index in [4.69, 9.17) is 9.47 Å². The molecule has 5 nitrogen and oxygen atoms in total.